The molecule has 1 aliphatic rings. The molecule has 0 radical (unpaired) electrons. The van der Waals surface area contributed by atoms with Crippen molar-refractivity contribution in [3.05, 3.63) is 95.6 Å². The van der Waals surface area contributed by atoms with Crippen molar-refractivity contribution in [3.63, 3.8) is 0 Å². The van der Waals surface area contributed by atoms with Gasteiger partial charge in [0.05, 0.1) is 37.7 Å². The van der Waals surface area contributed by atoms with Gasteiger partial charge in [0.1, 0.15) is 0 Å². The van der Waals surface area contributed by atoms with Gasteiger partial charge in [0, 0.05) is 37.4 Å². The smallest absolute Gasteiger partial charge is 0.0904 e. The molecule has 2 atom stereocenters. The fourth-order valence-corrected chi connectivity index (χ4v) is 6.63. The first-order valence-corrected chi connectivity index (χ1v) is 16.5. The fourth-order valence-electron chi connectivity index (χ4n) is 6.63. The second kappa shape index (κ2) is 16.1. The highest BCUT2D eigenvalue weighted by Gasteiger charge is 2.24. The number of hydrogen-bond donors (Lipinski definition) is 0. The normalized spacial score (nSPS) is 18.6. The second-order valence-corrected chi connectivity index (χ2v) is 13.1. The minimum Gasteiger partial charge on any atom is -0.379 e. The Morgan fingerprint density at radius 2 is 1.00 bits per heavy atom. The highest BCUT2D eigenvalue weighted by molar-refractivity contribution is 5.28. The van der Waals surface area contributed by atoms with Gasteiger partial charge >= 0.3 is 0 Å². The third kappa shape index (κ3) is 8.85. The van der Waals surface area contributed by atoms with Crippen molar-refractivity contribution in [3.8, 4) is 0 Å². The van der Waals surface area contributed by atoms with Crippen molar-refractivity contribution >= 4 is 0 Å². The molecule has 2 heterocycles. The Bertz CT molecular complexity index is 1260. The third-order valence-corrected chi connectivity index (χ3v) is 9.00. The topological polar surface area (TPSA) is 79.9 Å². The summed E-state index contributed by atoms with van der Waals surface area (Å²) in [5, 5.41) is 17.8. The van der Waals surface area contributed by atoms with Crippen molar-refractivity contribution in [2.24, 2.45) is 23.7 Å². The van der Waals surface area contributed by atoms with Gasteiger partial charge in [0.25, 0.3) is 0 Å². The molecular weight excluding hydrogens is 548 g/mol. The van der Waals surface area contributed by atoms with Gasteiger partial charge in [-0.25, -0.2) is 9.36 Å². The number of benzene rings is 2. The van der Waals surface area contributed by atoms with Gasteiger partial charge in [-0.1, -0.05) is 98.8 Å². The molecule has 0 amide bonds. The average molecular weight is 599 g/mol. The van der Waals surface area contributed by atoms with Gasteiger partial charge in [0.2, 0.25) is 0 Å². The number of ether oxygens (including phenoxy) is 2. The molecule has 1 fully saturated rings. The predicted molar refractivity (Wildman–Crippen MR) is 173 cm³/mol. The first-order chi connectivity index (χ1) is 21.5. The number of nitrogens with zero attached hydrogens (tertiary/aromatic N) is 6. The molecular formula is C36H50N6O2. The molecule has 2 aromatic carbocycles. The van der Waals surface area contributed by atoms with E-state index in [1.807, 2.05) is 9.36 Å². The van der Waals surface area contributed by atoms with Crippen LogP contribution in [0.25, 0.3) is 0 Å². The van der Waals surface area contributed by atoms with E-state index in [0.717, 1.165) is 37.7 Å². The van der Waals surface area contributed by atoms with Gasteiger partial charge in [-0.3, -0.25) is 0 Å². The predicted octanol–water partition coefficient (Wildman–Crippen LogP) is 6.99. The monoisotopic (exact) mass is 598 g/mol. The van der Waals surface area contributed by atoms with Crippen molar-refractivity contribution in [1.29, 1.82) is 0 Å². The molecule has 8 nitrogen and oxygen atoms in total. The lowest BCUT2D eigenvalue weighted by atomic mass is 9.83. The molecule has 236 valence electrons. The van der Waals surface area contributed by atoms with Gasteiger partial charge in [-0.05, 0) is 60.5 Å². The number of rotatable bonds is 16. The summed E-state index contributed by atoms with van der Waals surface area (Å²) < 4.78 is 16.0. The van der Waals surface area contributed by atoms with E-state index in [9.17, 15) is 0 Å². The Hall–Kier alpha value is -3.36. The first kappa shape index (κ1) is 32.0. The molecule has 0 N–H and O–H groups in total. The van der Waals surface area contributed by atoms with Gasteiger partial charge in [0.15, 0.2) is 0 Å². The quantitative estimate of drug-likeness (QED) is 0.129. The standard InChI is InChI=1S/C36H50N6O2/c1-27(2)35(31-11-7-5-8-12-31)33-23-41(39-37-33)19-21-43-25-29-15-17-30(18-16-29)26-44-22-20-42-24-34(38-40-42)36(28(3)4)32-13-9-6-10-14-32/h5-14,23-24,27-30,35-36H,15-22,25-26H2,1-4H3/t29?,30?,35-,36+. The summed E-state index contributed by atoms with van der Waals surface area (Å²) in [6, 6.07) is 21.2. The van der Waals surface area contributed by atoms with Crippen molar-refractivity contribution in [2.45, 2.75) is 78.3 Å². The summed E-state index contributed by atoms with van der Waals surface area (Å²) in [7, 11) is 0. The first-order valence-electron chi connectivity index (χ1n) is 16.5. The third-order valence-electron chi connectivity index (χ3n) is 9.00. The van der Waals surface area contributed by atoms with E-state index in [0.29, 0.717) is 36.9 Å². The summed E-state index contributed by atoms with van der Waals surface area (Å²) in [5.74, 6) is 2.67. The van der Waals surface area contributed by atoms with Crippen LogP contribution in [-0.2, 0) is 22.6 Å². The van der Waals surface area contributed by atoms with Crippen LogP contribution in [0.2, 0.25) is 0 Å². The van der Waals surface area contributed by atoms with E-state index in [-0.39, 0.29) is 11.8 Å². The zero-order valence-corrected chi connectivity index (χ0v) is 27.0. The van der Waals surface area contributed by atoms with Crippen LogP contribution in [0.3, 0.4) is 0 Å². The lowest BCUT2D eigenvalue weighted by Gasteiger charge is -2.28. The van der Waals surface area contributed by atoms with Crippen LogP contribution in [0.5, 0.6) is 0 Å². The van der Waals surface area contributed by atoms with Crippen molar-refractivity contribution in [1.82, 2.24) is 30.0 Å². The van der Waals surface area contributed by atoms with E-state index < -0.39 is 0 Å². The molecule has 1 aliphatic carbocycles. The minimum absolute atomic E-state index is 0.253. The Kier molecular flexibility index (Phi) is 11.7. The largest absolute Gasteiger partial charge is 0.379 e. The van der Waals surface area contributed by atoms with Gasteiger partial charge in [-0.15, -0.1) is 10.2 Å². The lowest BCUT2D eigenvalue weighted by molar-refractivity contribution is 0.0443. The summed E-state index contributed by atoms with van der Waals surface area (Å²) in [4.78, 5) is 0. The van der Waals surface area contributed by atoms with Crippen LogP contribution >= 0.6 is 0 Å². The zero-order chi connectivity index (χ0) is 30.7. The zero-order valence-electron chi connectivity index (χ0n) is 27.0. The van der Waals surface area contributed by atoms with E-state index in [2.05, 4.69) is 121 Å². The van der Waals surface area contributed by atoms with Crippen LogP contribution in [0.15, 0.2) is 73.1 Å². The van der Waals surface area contributed by atoms with Crippen LogP contribution in [0, 0.1) is 23.7 Å². The van der Waals surface area contributed by atoms with Crippen LogP contribution in [0.1, 0.15) is 87.7 Å². The Balaban J connectivity index is 0.956. The molecule has 5 rings (SSSR count). The summed E-state index contributed by atoms with van der Waals surface area (Å²) in [5.41, 5.74) is 4.63. The summed E-state index contributed by atoms with van der Waals surface area (Å²) in [6.07, 6.45) is 8.99. The fraction of sp³-hybridized carbons (Fsp3) is 0.556. The summed E-state index contributed by atoms with van der Waals surface area (Å²) in [6.45, 7) is 13.4. The van der Waals surface area contributed by atoms with Crippen LogP contribution < -0.4 is 0 Å². The van der Waals surface area contributed by atoms with E-state index in [1.54, 1.807) is 0 Å². The molecule has 0 saturated heterocycles. The minimum atomic E-state index is 0.253. The van der Waals surface area contributed by atoms with Gasteiger partial charge < -0.3 is 9.47 Å². The van der Waals surface area contributed by atoms with Crippen LogP contribution in [-0.4, -0.2) is 56.4 Å². The van der Waals surface area contributed by atoms with E-state index >= 15 is 0 Å². The Labute approximate surface area is 263 Å². The maximum Gasteiger partial charge on any atom is 0.0904 e. The molecule has 0 unspecified atom stereocenters. The number of aromatic nitrogens is 6. The molecule has 4 aromatic rings. The molecule has 2 aromatic heterocycles. The molecule has 0 spiro atoms. The highest BCUT2D eigenvalue weighted by Crippen LogP contribution is 2.32. The molecule has 44 heavy (non-hydrogen) atoms. The average Bonchev–Trinajstić information content (AvgIpc) is 3.69. The highest BCUT2D eigenvalue weighted by atomic mass is 16.5. The van der Waals surface area contributed by atoms with Crippen LogP contribution in [0.4, 0.5) is 0 Å². The SMILES string of the molecule is CC(C)[C@H](c1ccccc1)c1cn(CCOCC2CCC(COCCn3cc([C@H](c4ccccc4)C(C)C)nn3)CC2)nn1. The molecule has 0 bridgehead atoms. The molecule has 8 heteroatoms. The van der Waals surface area contributed by atoms with E-state index in [1.165, 1.54) is 36.8 Å². The number of hydrogen-bond acceptors (Lipinski definition) is 6. The summed E-state index contributed by atoms with van der Waals surface area (Å²) >= 11 is 0. The lowest BCUT2D eigenvalue weighted by Crippen LogP contribution is -2.23. The Morgan fingerprint density at radius 1 is 0.614 bits per heavy atom. The van der Waals surface area contributed by atoms with Crippen molar-refractivity contribution < 1.29 is 9.47 Å². The Morgan fingerprint density at radius 3 is 1.36 bits per heavy atom. The molecule has 0 aliphatic heterocycles. The van der Waals surface area contributed by atoms with Crippen molar-refractivity contribution in [2.75, 3.05) is 26.4 Å². The van der Waals surface area contributed by atoms with Gasteiger partial charge in [-0.2, -0.15) is 0 Å². The van der Waals surface area contributed by atoms with E-state index in [4.69, 9.17) is 9.47 Å². The maximum absolute atomic E-state index is 6.09. The molecule has 1 saturated carbocycles. The maximum atomic E-state index is 6.09. The second-order valence-electron chi connectivity index (χ2n) is 13.1.